The summed E-state index contributed by atoms with van der Waals surface area (Å²) in [6.45, 7) is 0.627. The van der Waals surface area contributed by atoms with E-state index in [-0.39, 0.29) is 5.82 Å². The van der Waals surface area contributed by atoms with E-state index >= 15 is 0 Å². The normalized spacial score (nSPS) is 10.9. The quantitative estimate of drug-likeness (QED) is 0.792. The van der Waals surface area contributed by atoms with E-state index in [0.717, 1.165) is 11.3 Å². The molecule has 0 aliphatic carbocycles. The number of ether oxygens (including phenoxy) is 1. The fraction of sp³-hybridized carbons (Fsp3) is 0.133. The maximum Gasteiger partial charge on any atom is 0.242 e. The van der Waals surface area contributed by atoms with Crippen LogP contribution in [0.2, 0.25) is 0 Å². The van der Waals surface area contributed by atoms with Gasteiger partial charge in [0.1, 0.15) is 22.9 Å². The van der Waals surface area contributed by atoms with E-state index < -0.39 is 0 Å². The van der Waals surface area contributed by atoms with Crippen molar-refractivity contribution in [3.8, 4) is 11.6 Å². The van der Waals surface area contributed by atoms with Crippen LogP contribution in [0.4, 0.5) is 4.39 Å². The minimum atomic E-state index is -0.289. The Labute approximate surface area is 115 Å². The first-order valence-electron chi connectivity index (χ1n) is 6.32. The minimum absolute atomic E-state index is 0.289. The predicted molar refractivity (Wildman–Crippen MR) is 74.4 cm³/mol. The lowest BCUT2D eigenvalue weighted by Crippen LogP contribution is -2.08. The maximum absolute atomic E-state index is 12.9. The molecule has 2 aromatic heterocycles. The Morgan fingerprint density at radius 1 is 1.20 bits per heavy atom. The van der Waals surface area contributed by atoms with Crippen LogP contribution in [0.3, 0.4) is 0 Å². The highest BCUT2D eigenvalue weighted by Gasteiger charge is 2.13. The van der Waals surface area contributed by atoms with Gasteiger partial charge in [-0.1, -0.05) is 6.07 Å². The number of aromatic nitrogens is 2. The Bertz CT molecular complexity index is 722. The molecule has 0 saturated heterocycles. The molecule has 2 heterocycles. The fourth-order valence-electron chi connectivity index (χ4n) is 2.05. The highest BCUT2D eigenvalue weighted by Crippen LogP contribution is 2.25. The lowest BCUT2D eigenvalue weighted by molar-refractivity contribution is 0.455. The van der Waals surface area contributed by atoms with Crippen LogP contribution >= 0.6 is 0 Å². The molecule has 0 aliphatic rings. The topological polar surface area (TPSA) is 38.6 Å². The molecular formula is C15H14FN3O. The molecule has 0 unspecified atom stereocenters. The summed E-state index contributed by atoms with van der Waals surface area (Å²) < 4.78 is 20.6. The molecule has 0 aliphatic heterocycles. The number of nitrogens with one attached hydrogen (secondary N) is 1. The van der Waals surface area contributed by atoms with Crippen molar-refractivity contribution >= 4 is 5.65 Å². The number of fused-ring (bicyclic) bond motifs is 1. The van der Waals surface area contributed by atoms with Gasteiger partial charge >= 0.3 is 0 Å². The smallest absolute Gasteiger partial charge is 0.242 e. The monoisotopic (exact) mass is 271 g/mol. The van der Waals surface area contributed by atoms with Gasteiger partial charge < -0.3 is 10.1 Å². The second kappa shape index (κ2) is 5.30. The summed E-state index contributed by atoms with van der Waals surface area (Å²) in [6, 6.07) is 11.7. The lowest BCUT2D eigenvalue weighted by atomic mass is 10.3. The number of halogens is 1. The Kier molecular flexibility index (Phi) is 3.35. The van der Waals surface area contributed by atoms with Crippen LogP contribution in [-0.4, -0.2) is 16.4 Å². The predicted octanol–water partition coefficient (Wildman–Crippen LogP) is 2.99. The van der Waals surface area contributed by atoms with Crippen LogP contribution in [-0.2, 0) is 6.54 Å². The maximum atomic E-state index is 12.9. The number of pyridine rings is 1. The van der Waals surface area contributed by atoms with Crippen LogP contribution in [0, 0.1) is 5.82 Å². The van der Waals surface area contributed by atoms with E-state index in [1.54, 1.807) is 12.1 Å². The van der Waals surface area contributed by atoms with Crippen LogP contribution in [0.25, 0.3) is 5.65 Å². The van der Waals surface area contributed by atoms with Crippen molar-refractivity contribution in [2.24, 2.45) is 0 Å². The summed E-state index contributed by atoms with van der Waals surface area (Å²) in [5.74, 6) is 0.798. The van der Waals surface area contributed by atoms with E-state index in [2.05, 4.69) is 10.3 Å². The summed E-state index contributed by atoms with van der Waals surface area (Å²) in [7, 11) is 1.87. The standard InChI is InChI=1S/C15H14FN3O/c1-17-10-13-15(18-14-4-2-3-9-19(13)14)20-12-7-5-11(16)6-8-12/h2-9,17H,10H2,1H3. The van der Waals surface area contributed by atoms with Crippen molar-refractivity contribution in [1.82, 2.24) is 14.7 Å². The van der Waals surface area contributed by atoms with Gasteiger partial charge in [-0.2, -0.15) is 4.98 Å². The number of hydrogen-bond donors (Lipinski definition) is 1. The Morgan fingerprint density at radius 2 is 2.00 bits per heavy atom. The van der Waals surface area contributed by atoms with Crippen molar-refractivity contribution in [2.45, 2.75) is 6.54 Å². The molecule has 1 aromatic carbocycles. The van der Waals surface area contributed by atoms with Crippen LogP contribution in [0.5, 0.6) is 11.6 Å². The molecule has 0 radical (unpaired) electrons. The van der Waals surface area contributed by atoms with Crippen molar-refractivity contribution < 1.29 is 9.13 Å². The molecule has 5 heteroatoms. The van der Waals surface area contributed by atoms with Gasteiger partial charge in [0, 0.05) is 12.7 Å². The van der Waals surface area contributed by atoms with E-state index in [0.29, 0.717) is 18.2 Å². The van der Waals surface area contributed by atoms with E-state index in [1.807, 2.05) is 35.8 Å². The van der Waals surface area contributed by atoms with Gasteiger partial charge in [-0.15, -0.1) is 0 Å². The molecule has 0 bridgehead atoms. The second-order valence-corrected chi connectivity index (χ2v) is 4.38. The molecular weight excluding hydrogens is 257 g/mol. The van der Waals surface area contributed by atoms with Gasteiger partial charge in [0.25, 0.3) is 0 Å². The summed E-state index contributed by atoms with van der Waals surface area (Å²) >= 11 is 0. The van der Waals surface area contributed by atoms with Gasteiger partial charge in [-0.05, 0) is 43.4 Å². The molecule has 3 aromatic rings. The van der Waals surface area contributed by atoms with Gasteiger partial charge in [0.05, 0.1) is 0 Å². The van der Waals surface area contributed by atoms with Gasteiger partial charge in [-0.25, -0.2) is 4.39 Å². The van der Waals surface area contributed by atoms with Crippen molar-refractivity contribution in [1.29, 1.82) is 0 Å². The van der Waals surface area contributed by atoms with E-state index in [4.69, 9.17) is 4.74 Å². The van der Waals surface area contributed by atoms with Crippen molar-refractivity contribution in [3.05, 3.63) is 60.2 Å². The van der Waals surface area contributed by atoms with Crippen LogP contribution in [0.15, 0.2) is 48.7 Å². The van der Waals surface area contributed by atoms with E-state index in [9.17, 15) is 4.39 Å². The van der Waals surface area contributed by atoms with Crippen LogP contribution < -0.4 is 10.1 Å². The Morgan fingerprint density at radius 3 is 2.75 bits per heavy atom. The third-order valence-corrected chi connectivity index (χ3v) is 2.96. The SMILES string of the molecule is CNCc1c(Oc2ccc(F)cc2)nc2ccccn12. The molecule has 0 spiro atoms. The number of benzene rings is 1. The molecule has 0 saturated carbocycles. The first kappa shape index (κ1) is 12.6. The average molecular weight is 271 g/mol. The lowest BCUT2D eigenvalue weighted by Gasteiger charge is -2.06. The first-order chi connectivity index (χ1) is 9.78. The highest BCUT2D eigenvalue weighted by atomic mass is 19.1. The number of imidazole rings is 1. The molecule has 1 N–H and O–H groups in total. The third-order valence-electron chi connectivity index (χ3n) is 2.96. The highest BCUT2D eigenvalue weighted by molar-refractivity contribution is 5.46. The molecule has 3 rings (SSSR count). The van der Waals surface area contributed by atoms with Crippen LogP contribution in [0.1, 0.15) is 5.69 Å². The van der Waals surface area contributed by atoms with Crippen molar-refractivity contribution in [2.75, 3.05) is 7.05 Å². The van der Waals surface area contributed by atoms with Crippen molar-refractivity contribution in [3.63, 3.8) is 0 Å². The van der Waals surface area contributed by atoms with Gasteiger partial charge in [0.15, 0.2) is 0 Å². The zero-order chi connectivity index (χ0) is 13.9. The molecule has 0 atom stereocenters. The zero-order valence-electron chi connectivity index (χ0n) is 11.0. The van der Waals surface area contributed by atoms with E-state index in [1.165, 1.54) is 12.1 Å². The average Bonchev–Trinajstić information content (AvgIpc) is 2.80. The molecule has 4 nitrogen and oxygen atoms in total. The summed E-state index contributed by atoms with van der Waals surface area (Å²) in [5.41, 5.74) is 1.74. The largest absolute Gasteiger partial charge is 0.437 e. The summed E-state index contributed by atoms with van der Waals surface area (Å²) in [5, 5.41) is 3.10. The number of hydrogen-bond acceptors (Lipinski definition) is 3. The van der Waals surface area contributed by atoms with Gasteiger partial charge in [-0.3, -0.25) is 4.40 Å². The zero-order valence-corrected chi connectivity index (χ0v) is 11.0. The van der Waals surface area contributed by atoms with Gasteiger partial charge in [0.2, 0.25) is 5.88 Å². The molecule has 0 fully saturated rings. The third kappa shape index (κ3) is 2.35. The first-order valence-corrected chi connectivity index (χ1v) is 6.32. The molecule has 20 heavy (non-hydrogen) atoms. The molecule has 0 amide bonds. The minimum Gasteiger partial charge on any atom is -0.437 e. The summed E-state index contributed by atoms with van der Waals surface area (Å²) in [6.07, 6.45) is 1.94. The summed E-state index contributed by atoms with van der Waals surface area (Å²) in [4.78, 5) is 4.46. The fourth-order valence-corrected chi connectivity index (χ4v) is 2.05. The Hall–Kier alpha value is -2.40. The second-order valence-electron chi connectivity index (χ2n) is 4.38. The Balaban J connectivity index is 2.01. The number of nitrogens with zero attached hydrogens (tertiary/aromatic N) is 2. The molecule has 102 valence electrons. The number of rotatable bonds is 4.